The molecule has 92 valence electrons. The Morgan fingerprint density at radius 1 is 1.50 bits per heavy atom. The van der Waals surface area contributed by atoms with Gasteiger partial charge in [-0.2, -0.15) is 0 Å². The Bertz CT molecular complexity index is 271. The molecule has 0 spiro atoms. The molecular formula is C9H16ClN3O2S. The van der Waals surface area contributed by atoms with Gasteiger partial charge in [-0.15, -0.1) is 12.4 Å². The van der Waals surface area contributed by atoms with Gasteiger partial charge in [-0.05, 0) is 19.4 Å². The van der Waals surface area contributed by atoms with Crippen LogP contribution >= 0.6 is 24.2 Å². The Morgan fingerprint density at radius 3 is 2.88 bits per heavy atom. The number of amides is 2. The zero-order valence-corrected chi connectivity index (χ0v) is 10.5. The molecule has 5 nitrogen and oxygen atoms in total. The molecule has 2 rings (SSSR count). The van der Waals surface area contributed by atoms with Gasteiger partial charge in [0.05, 0.1) is 0 Å². The Morgan fingerprint density at radius 2 is 2.31 bits per heavy atom. The fourth-order valence-corrected chi connectivity index (χ4v) is 2.58. The lowest BCUT2D eigenvalue weighted by Gasteiger charge is -2.24. The van der Waals surface area contributed by atoms with Crippen LogP contribution in [0.5, 0.6) is 0 Å². The Hall–Kier alpha value is -0.460. The van der Waals surface area contributed by atoms with E-state index < -0.39 is 0 Å². The van der Waals surface area contributed by atoms with E-state index in [0.717, 1.165) is 25.9 Å². The average molecular weight is 266 g/mol. The van der Waals surface area contributed by atoms with Crippen molar-refractivity contribution in [2.75, 3.05) is 18.8 Å². The normalized spacial score (nSPS) is 29.1. The van der Waals surface area contributed by atoms with Crippen LogP contribution in [0.25, 0.3) is 0 Å². The topological polar surface area (TPSA) is 70.2 Å². The molecule has 7 heteroatoms. The van der Waals surface area contributed by atoms with Crippen LogP contribution in [0.4, 0.5) is 4.79 Å². The monoisotopic (exact) mass is 265 g/mol. The Labute approximate surface area is 105 Å². The highest BCUT2D eigenvalue weighted by Crippen LogP contribution is 2.13. The van der Waals surface area contributed by atoms with Gasteiger partial charge in [-0.25, -0.2) is 0 Å². The smallest absolute Gasteiger partial charge is 0.279 e. The van der Waals surface area contributed by atoms with Gasteiger partial charge in [0, 0.05) is 18.3 Å². The van der Waals surface area contributed by atoms with E-state index in [0.29, 0.717) is 5.75 Å². The van der Waals surface area contributed by atoms with E-state index in [-0.39, 0.29) is 35.6 Å². The quantitative estimate of drug-likeness (QED) is 0.663. The minimum absolute atomic E-state index is 0. The van der Waals surface area contributed by atoms with Crippen LogP contribution in [0.3, 0.4) is 0 Å². The molecule has 2 aliphatic rings. The summed E-state index contributed by atoms with van der Waals surface area (Å²) in [5.41, 5.74) is 0. The molecule has 0 aromatic heterocycles. The number of piperidine rings is 1. The zero-order chi connectivity index (χ0) is 10.7. The highest BCUT2D eigenvalue weighted by Gasteiger charge is 2.29. The second-order valence-electron chi connectivity index (χ2n) is 3.85. The van der Waals surface area contributed by atoms with E-state index >= 15 is 0 Å². The molecule has 0 saturated carbocycles. The predicted molar refractivity (Wildman–Crippen MR) is 66.1 cm³/mol. The van der Waals surface area contributed by atoms with Crippen molar-refractivity contribution in [3.63, 3.8) is 0 Å². The number of hydrogen-bond acceptors (Lipinski definition) is 4. The summed E-state index contributed by atoms with van der Waals surface area (Å²) < 4.78 is 0. The highest BCUT2D eigenvalue weighted by molar-refractivity contribution is 8.14. The molecule has 2 amide bonds. The number of thioether (sulfide) groups is 1. The highest BCUT2D eigenvalue weighted by atomic mass is 35.5. The number of nitrogens with one attached hydrogen (secondary N) is 3. The molecule has 2 heterocycles. The molecule has 2 fully saturated rings. The molecule has 3 N–H and O–H groups in total. The summed E-state index contributed by atoms with van der Waals surface area (Å²) in [4.78, 5) is 22.6. The van der Waals surface area contributed by atoms with Gasteiger partial charge in [-0.1, -0.05) is 11.8 Å². The first-order valence-corrected chi connectivity index (χ1v) is 6.18. The first kappa shape index (κ1) is 13.6. The van der Waals surface area contributed by atoms with Crippen molar-refractivity contribution >= 4 is 35.3 Å². The van der Waals surface area contributed by atoms with Gasteiger partial charge < -0.3 is 16.0 Å². The maximum Gasteiger partial charge on any atom is 0.279 e. The number of carbonyl (C=O) groups excluding carboxylic acids is 2. The van der Waals surface area contributed by atoms with Gasteiger partial charge >= 0.3 is 0 Å². The summed E-state index contributed by atoms with van der Waals surface area (Å²) in [6, 6.07) is -0.127. The number of rotatable bonds is 2. The summed E-state index contributed by atoms with van der Waals surface area (Å²) in [6.07, 6.45) is 2.11. The molecule has 0 aromatic carbocycles. The first-order chi connectivity index (χ1) is 7.25. The van der Waals surface area contributed by atoms with Crippen molar-refractivity contribution in [3.8, 4) is 0 Å². The number of halogens is 1. The van der Waals surface area contributed by atoms with Crippen LogP contribution in [-0.4, -0.2) is 42.1 Å². The van der Waals surface area contributed by atoms with E-state index in [1.54, 1.807) is 0 Å². The van der Waals surface area contributed by atoms with Crippen LogP contribution in [0.15, 0.2) is 0 Å². The predicted octanol–water partition coefficient (Wildman–Crippen LogP) is 0.101. The third-order valence-corrected chi connectivity index (χ3v) is 3.51. The van der Waals surface area contributed by atoms with E-state index in [2.05, 4.69) is 16.0 Å². The largest absolute Gasteiger partial charge is 0.350 e. The van der Waals surface area contributed by atoms with Crippen molar-refractivity contribution in [3.05, 3.63) is 0 Å². The summed E-state index contributed by atoms with van der Waals surface area (Å²) in [7, 11) is 0. The molecule has 2 atom stereocenters. The van der Waals surface area contributed by atoms with E-state index in [1.165, 1.54) is 11.8 Å². The number of carbonyl (C=O) groups is 2. The molecule has 0 unspecified atom stereocenters. The van der Waals surface area contributed by atoms with E-state index in [1.807, 2.05) is 0 Å². The van der Waals surface area contributed by atoms with Crippen LogP contribution in [0.1, 0.15) is 12.8 Å². The first-order valence-electron chi connectivity index (χ1n) is 5.20. The molecule has 16 heavy (non-hydrogen) atoms. The van der Waals surface area contributed by atoms with Crippen molar-refractivity contribution in [2.24, 2.45) is 0 Å². The average Bonchev–Trinajstić information content (AvgIpc) is 2.66. The SMILES string of the molecule is Cl.O=C1N[C@H](C(=O)N[C@@H]2CCCNC2)CS1. The van der Waals surface area contributed by atoms with Crippen molar-refractivity contribution in [1.82, 2.24) is 16.0 Å². The maximum absolute atomic E-state index is 11.7. The van der Waals surface area contributed by atoms with Gasteiger partial charge in [0.2, 0.25) is 5.91 Å². The minimum atomic E-state index is -0.343. The molecule has 0 aliphatic carbocycles. The van der Waals surface area contributed by atoms with E-state index in [9.17, 15) is 9.59 Å². The van der Waals surface area contributed by atoms with Gasteiger partial charge in [0.25, 0.3) is 5.24 Å². The Balaban J connectivity index is 0.00000128. The summed E-state index contributed by atoms with van der Waals surface area (Å²) in [5, 5.41) is 8.72. The number of hydrogen-bond donors (Lipinski definition) is 3. The summed E-state index contributed by atoms with van der Waals surface area (Å²) >= 11 is 1.17. The summed E-state index contributed by atoms with van der Waals surface area (Å²) in [6.45, 7) is 1.86. The van der Waals surface area contributed by atoms with Gasteiger partial charge in [0.15, 0.2) is 0 Å². The lowest BCUT2D eigenvalue weighted by atomic mass is 10.1. The second kappa shape index (κ2) is 6.32. The fraction of sp³-hybridized carbons (Fsp3) is 0.778. The molecular weight excluding hydrogens is 250 g/mol. The molecule has 2 saturated heterocycles. The lowest BCUT2D eigenvalue weighted by Crippen LogP contribution is -2.51. The fourth-order valence-electron chi connectivity index (χ4n) is 1.80. The molecule has 0 bridgehead atoms. The standard InChI is InChI=1S/C9H15N3O2S.ClH/c13-8(7-5-15-9(14)12-7)11-6-2-1-3-10-4-6;/h6-7,10H,1-5H2,(H,11,13)(H,12,14);1H/t6-,7+;/m1./s1. The zero-order valence-electron chi connectivity index (χ0n) is 8.82. The molecule has 0 radical (unpaired) electrons. The maximum atomic E-state index is 11.7. The lowest BCUT2D eigenvalue weighted by molar-refractivity contribution is -0.123. The Kier molecular flexibility index (Phi) is 5.37. The molecule has 2 aliphatic heterocycles. The molecule has 0 aromatic rings. The van der Waals surface area contributed by atoms with Gasteiger partial charge in [-0.3, -0.25) is 9.59 Å². The van der Waals surface area contributed by atoms with Gasteiger partial charge in [0.1, 0.15) is 6.04 Å². The summed E-state index contributed by atoms with van der Waals surface area (Å²) in [5.74, 6) is 0.493. The van der Waals surface area contributed by atoms with Crippen molar-refractivity contribution < 1.29 is 9.59 Å². The second-order valence-corrected chi connectivity index (χ2v) is 4.84. The van der Waals surface area contributed by atoms with Crippen LogP contribution in [0.2, 0.25) is 0 Å². The van der Waals surface area contributed by atoms with Crippen molar-refractivity contribution in [2.45, 2.75) is 24.9 Å². The van der Waals surface area contributed by atoms with Crippen LogP contribution in [-0.2, 0) is 4.79 Å². The van der Waals surface area contributed by atoms with Crippen molar-refractivity contribution in [1.29, 1.82) is 0 Å². The third kappa shape index (κ3) is 3.54. The van der Waals surface area contributed by atoms with Crippen LogP contribution in [0, 0.1) is 0 Å². The minimum Gasteiger partial charge on any atom is -0.350 e. The van der Waals surface area contributed by atoms with Crippen LogP contribution < -0.4 is 16.0 Å². The third-order valence-electron chi connectivity index (χ3n) is 2.63. The van der Waals surface area contributed by atoms with E-state index in [4.69, 9.17) is 0 Å².